The monoisotopic (exact) mass is 245 g/mol. The zero-order valence-electron chi connectivity index (χ0n) is 9.24. The van der Waals surface area contributed by atoms with E-state index in [1.165, 1.54) is 12.1 Å². The summed E-state index contributed by atoms with van der Waals surface area (Å²) in [5, 5.41) is 11.5. The summed E-state index contributed by atoms with van der Waals surface area (Å²) in [6, 6.07) is 9.73. The van der Waals surface area contributed by atoms with Gasteiger partial charge in [0, 0.05) is 6.07 Å². The van der Waals surface area contributed by atoms with Crippen LogP contribution in [0.25, 0.3) is 0 Å². The Labute approximate surface area is 102 Å². The molecule has 3 nitrogen and oxygen atoms in total. The highest BCUT2D eigenvalue weighted by atomic mass is 19.1. The largest absolute Gasteiger partial charge is 0.397 e. The number of hydrogen-bond donors (Lipinski definition) is 2. The maximum absolute atomic E-state index is 13.4. The highest BCUT2D eigenvalue weighted by Gasteiger charge is 2.06. The summed E-state index contributed by atoms with van der Waals surface area (Å²) in [5.74, 6) is -1.38. The van der Waals surface area contributed by atoms with E-state index in [1.807, 2.05) is 6.07 Å². The van der Waals surface area contributed by atoms with Crippen LogP contribution < -0.4 is 11.1 Å². The fraction of sp³-hybridized carbons (Fsp3) is 0. The van der Waals surface area contributed by atoms with Gasteiger partial charge in [0.15, 0.2) is 0 Å². The van der Waals surface area contributed by atoms with Crippen LogP contribution in [0.3, 0.4) is 0 Å². The van der Waals surface area contributed by atoms with Crippen LogP contribution in [0.4, 0.5) is 25.8 Å². The third-order valence-corrected chi connectivity index (χ3v) is 2.38. The van der Waals surface area contributed by atoms with Crippen molar-refractivity contribution in [3.05, 3.63) is 53.6 Å². The first-order chi connectivity index (χ1) is 8.60. The number of halogens is 2. The Kier molecular flexibility index (Phi) is 3.11. The van der Waals surface area contributed by atoms with Gasteiger partial charge in [-0.2, -0.15) is 5.26 Å². The Hall–Kier alpha value is -2.61. The molecule has 5 heteroatoms. The van der Waals surface area contributed by atoms with Crippen molar-refractivity contribution in [3.8, 4) is 6.07 Å². The summed E-state index contributed by atoms with van der Waals surface area (Å²) in [5.41, 5.74) is 6.97. The van der Waals surface area contributed by atoms with Crippen LogP contribution in [0.15, 0.2) is 36.4 Å². The Morgan fingerprint density at radius 3 is 2.50 bits per heavy atom. The van der Waals surface area contributed by atoms with Crippen molar-refractivity contribution < 1.29 is 8.78 Å². The van der Waals surface area contributed by atoms with E-state index in [0.717, 1.165) is 12.1 Å². The molecule has 0 fully saturated rings. The number of nitrogens with one attached hydrogen (secondary N) is 1. The summed E-state index contributed by atoms with van der Waals surface area (Å²) < 4.78 is 26.2. The minimum Gasteiger partial charge on any atom is -0.397 e. The fourth-order valence-corrected chi connectivity index (χ4v) is 1.47. The summed E-state index contributed by atoms with van der Waals surface area (Å²) in [7, 11) is 0. The maximum atomic E-state index is 13.4. The maximum Gasteiger partial charge on any atom is 0.149 e. The number of hydrogen-bond acceptors (Lipinski definition) is 3. The average molecular weight is 245 g/mol. The van der Waals surface area contributed by atoms with Gasteiger partial charge < -0.3 is 11.1 Å². The second kappa shape index (κ2) is 4.72. The van der Waals surface area contributed by atoms with Crippen molar-refractivity contribution in [1.82, 2.24) is 0 Å². The molecule has 2 rings (SSSR count). The molecule has 0 saturated carbocycles. The van der Waals surface area contributed by atoms with Gasteiger partial charge in [-0.15, -0.1) is 0 Å². The molecule has 2 aromatic carbocycles. The molecule has 90 valence electrons. The van der Waals surface area contributed by atoms with E-state index in [-0.39, 0.29) is 5.69 Å². The minimum absolute atomic E-state index is 0.0955. The molecular formula is C13H9F2N3. The predicted octanol–water partition coefficient (Wildman–Crippen LogP) is 3.16. The van der Waals surface area contributed by atoms with Crippen molar-refractivity contribution in [1.29, 1.82) is 5.26 Å². The summed E-state index contributed by atoms with van der Waals surface area (Å²) in [4.78, 5) is 0. The number of anilines is 3. The second-order valence-corrected chi connectivity index (χ2v) is 3.66. The van der Waals surface area contributed by atoms with Crippen LogP contribution >= 0.6 is 0 Å². The first-order valence-electron chi connectivity index (χ1n) is 5.12. The number of nitrogens with zero attached hydrogens (tertiary/aromatic N) is 1. The molecule has 0 spiro atoms. The SMILES string of the molecule is N#Cc1ccc(N)c(Nc2ccc(F)cc2F)c1. The van der Waals surface area contributed by atoms with E-state index in [4.69, 9.17) is 11.0 Å². The van der Waals surface area contributed by atoms with Gasteiger partial charge in [-0.05, 0) is 30.3 Å². The fourth-order valence-electron chi connectivity index (χ4n) is 1.47. The molecule has 0 radical (unpaired) electrons. The van der Waals surface area contributed by atoms with Gasteiger partial charge in [-0.3, -0.25) is 0 Å². The van der Waals surface area contributed by atoms with E-state index < -0.39 is 11.6 Å². The van der Waals surface area contributed by atoms with E-state index in [2.05, 4.69) is 5.32 Å². The standard InChI is InChI=1S/C13H9F2N3/c14-9-2-4-12(10(15)6-9)18-13-5-8(7-16)1-3-11(13)17/h1-6,18H,17H2. The van der Waals surface area contributed by atoms with Gasteiger partial charge in [0.2, 0.25) is 0 Å². The molecular weight excluding hydrogens is 236 g/mol. The number of nitrogens with two attached hydrogens (primary N) is 1. The molecule has 0 unspecified atom stereocenters. The molecule has 0 atom stereocenters. The predicted molar refractivity (Wildman–Crippen MR) is 65.2 cm³/mol. The Morgan fingerprint density at radius 2 is 1.83 bits per heavy atom. The molecule has 0 aliphatic rings. The topological polar surface area (TPSA) is 61.8 Å². The van der Waals surface area contributed by atoms with Crippen LogP contribution in [0.1, 0.15) is 5.56 Å². The zero-order valence-corrected chi connectivity index (χ0v) is 9.24. The van der Waals surface area contributed by atoms with E-state index >= 15 is 0 Å². The van der Waals surface area contributed by atoms with Gasteiger partial charge >= 0.3 is 0 Å². The molecule has 0 saturated heterocycles. The molecule has 0 bridgehead atoms. The molecule has 0 aliphatic carbocycles. The van der Waals surface area contributed by atoms with Crippen LogP contribution in [-0.2, 0) is 0 Å². The van der Waals surface area contributed by atoms with Crippen LogP contribution in [-0.4, -0.2) is 0 Å². The third-order valence-electron chi connectivity index (χ3n) is 2.38. The molecule has 0 aliphatic heterocycles. The quantitative estimate of drug-likeness (QED) is 0.799. The third kappa shape index (κ3) is 2.38. The summed E-state index contributed by atoms with van der Waals surface area (Å²) >= 11 is 0. The normalized spacial score (nSPS) is 9.83. The Balaban J connectivity index is 2.37. The zero-order chi connectivity index (χ0) is 13.1. The van der Waals surface area contributed by atoms with Crippen molar-refractivity contribution in [2.45, 2.75) is 0 Å². The molecule has 0 aromatic heterocycles. The lowest BCUT2D eigenvalue weighted by Gasteiger charge is -2.10. The molecule has 3 N–H and O–H groups in total. The molecule has 0 heterocycles. The van der Waals surface area contributed by atoms with Gasteiger partial charge in [-0.25, -0.2) is 8.78 Å². The van der Waals surface area contributed by atoms with Crippen molar-refractivity contribution in [2.75, 3.05) is 11.1 Å². The first kappa shape index (κ1) is 11.9. The van der Waals surface area contributed by atoms with Gasteiger partial charge in [0.25, 0.3) is 0 Å². The summed E-state index contributed by atoms with van der Waals surface area (Å²) in [6.45, 7) is 0. The van der Waals surface area contributed by atoms with Gasteiger partial charge in [-0.1, -0.05) is 0 Å². The lowest BCUT2D eigenvalue weighted by atomic mass is 10.2. The van der Waals surface area contributed by atoms with E-state index in [0.29, 0.717) is 16.9 Å². The molecule has 0 amide bonds. The number of rotatable bonds is 2. The lowest BCUT2D eigenvalue weighted by Crippen LogP contribution is -1.99. The van der Waals surface area contributed by atoms with E-state index in [9.17, 15) is 8.78 Å². The average Bonchev–Trinajstić information content (AvgIpc) is 2.35. The minimum atomic E-state index is -0.725. The van der Waals surface area contributed by atoms with Crippen LogP contribution in [0.2, 0.25) is 0 Å². The smallest absolute Gasteiger partial charge is 0.149 e. The van der Waals surface area contributed by atoms with Crippen molar-refractivity contribution in [2.24, 2.45) is 0 Å². The highest BCUT2D eigenvalue weighted by Crippen LogP contribution is 2.26. The summed E-state index contributed by atoms with van der Waals surface area (Å²) in [6.07, 6.45) is 0. The van der Waals surface area contributed by atoms with Crippen LogP contribution in [0.5, 0.6) is 0 Å². The van der Waals surface area contributed by atoms with Crippen molar-refractivity contribution >= 4 is 17.1 Å². The molecule has 18 heavy (non-hydrogen) atoms. The molecule has 2 aromatic rings. The van der Waals surface area contributed by atoms with E-state index in [1.54, 1.807) is 12.1 Å². The second-order valence-electron chi connectivity index (χ2n) is 3.66. The Morgan fingerprint density at radius 1 is 1.06 bits per heavy atom. The first-order valence-corrected chi connectivity index (χ1v) is 5.12. The van der Waals surface area contributed by atoms with Crippen LogP contribution in [0, 0.1) is 23.0 Å². The van der Waals surface area contributed by atoms with Gasteiger partial charge in [0.05, 0.1) is 28.7 Å². The highest BCUT2D eigenvalue weighted by molar-refractivity contribution is 5.74. The number of nitriles is 1. The lowest BCUT2D eigenvalue weighted by molar-refractivity contribution is 0.586. The number of nitrogen functional groups attached to an aromatic ring is 1. The van der Waals surface area contributed by atoms with Gasteiger partial charge in [0.1, 0.15) is 11.6 Å². The van der Waals surface area contributed by atoms with Crippen molar-refractivity contribution in [3.63, 3.8) is 0 Å². The number of benzene rings is 2. The Bertz CT molecular complexity index is 633.